The molecule has 0 aromatic carbocycles. The van der Waals surface area contributed by atoms with Crippen LogP contribution in [0.2, 0.25) is 0 Å². The zero-order valence-corrected chi connectivity index (χ0v) is 13.8. The number of aromatic nitrogens is 1. The number of rotatable bonds is 3. The fourth-order valence-corrected chi connectivity index (χ4v) is 2.86. The van der Waals surface area contributed by atoms with Crippen molar-refractivity contribution in [3.8, 4) is 5.88 Å². The van der Waals surface area contributed by atoms with Gasteiger partial charge >= 0.3 is 0 Å². The SMILES string of the molecule is CC(=O)C1C=CC=C2Oc3ncccc3C(=CCCBr)C=C21. The predicted molar refractivity (Wildman–Crippen MR) is 90.7 cm³/mol. The number of hydrogen-bond acceptors (Lipinski definition) is 3. The zero-order chi connectivity index (χ0) is 15.5. The molecule has 0 spiro atoms. The number of nitrogens with zero attached hydrogens (tertiary/aromatic N) is 1. The van der Waals surface area contributed by atoms with Gasteiger partial charge in [0.2, 0.25) is 5.88 Å². The maximum atomic E-state index is 11.9. The van der Waals surface area contributed by atoms with Gasteiger partial charge < -0.3 is 4.74 Å². The number of carbonyl (C=O) groups is 1. The Balaban J connectivity index is 2.15. The molecule has 1 atom stereocenters. The van der Waals surface area contributed by atoms with E-state index in [2.05, 4.69) is 33.1 Å². The van der Waals surface area contributed by atoms with E-state index in [1.807, 2.05) is 30.4 Å². The first-order chi connectivity index (χ1) is 10.7. The molecule has 0 saturated carbocycles. The molecule has 3 rings (SSSR count). The fourth-order valence-electron chi connectivity index (χ4n) is 2.64. The lowest BCUT2D eigenvalue weighted by molar-refractivity contribution is -0.118. The molecule has 1 aromatic heterocycles. The molecule has 2 heterocycles. The third-order valence-corrected chi connectivity index (χ3v) is 4.14. The second-order valence-electron chi connectivity index (χ2n) is 5.20. The molecule has 1 aromatic rings. The van der Waals surface area contributed by atoms with Gasteiger partial charge in [-0.1, -0.05) is 34.2 Å². The number of halogens is 1. The van der Waals surface area contributed by atoms with Gasteiger partial charge in [0.25, 0.3) is 0 Å². The van der Waals surface area contributed by atoms with Crippen molar-refractivity contribution >= 4 is 27.3 Å². The summed E-state index contributed by atoms with van der Waals surface area (Å²) in [6.45, 7) is 1.61. The normalized spacial score (nSPS) is 21.2. The van der Waals surface area contributed by atoms with Gasteiger partial charge in [-0.3, -0.25) is 4.79 Å². The molecule has 4 heteroatoms. The number of alkyl halides is 1. The number of ketones is 1. The molecule has 0 amide bonds. The van der Waals surface area contributed by atoms with Gasteiger partial charge in [-0.15, -0.1) is 0 Å². The minimum atomic E-state index is -0.262. The van der Waals surface area contributed by atoms with Crippen molar-refractivity contribution in [2.75, 3.05) is 5.33 Å². The molecule has 0 saturated heterocycles. The number of hydrogen-bond donors (Lipinski definition) is 0. The van der Waals surface area contributed by atoms with Crippen LogP contribution in [0.4, 0.5) is 0 Å². The Kier molecular flexibility index (Phi) is 4.39. The van der Waals surface area contributed by atoms with Crippen molar-refractivity contribution in [2.24, 2.45) is 5.92 Å². The molecule has 1 unspecified atom stereocenters. The van der Waals surface area contributed by atoms with Crippen LogP contribution in [0.25, 0.3) is 5.57 Å². The van der Waals surface area contributed by atoms with Crippen LogP contribution >= 0.6 is 15.9 Å². The zero-order valence-electron chi connectivity index (χ0n) is 12.3. The van der Waals surface area contributed by atoms with Crippen LogP contribution in [0.3, 0.4) is 0 Å². The molecule has 112 valence electrons. The highest BCUT2D eigenvalue weighted by Gasteiger charge is 2.27. The van der Waals surface area contributed by atoms with Crippen molar-refractivity contribution in [3.63, 3.8) is 0 Å². The van der Waals surface area contributed by atoms with E-state index in [4.69, 9.17) is 4.74 Å². The largest absolute Gasteiger partial charge is 0.438 e. The smallest absolute Gasteiger partial charge is 0.227 e. The Bertz CT molecular complexity index is 728. The Labute approximate surface area is 138 Å². The Hall–Kier alpha value is -1.94. The van der Waals surface area contributed by atoms with Gasteiger partial charge in [-0.2, -0.15) is 0 Å². The highest BCUT2D eigenvalue weighted by atomic mass is 79.9. The minimum Gasteiger partial charge on any atom is -0.438 e. The minimum absolute atomic E-state index is 0.107. The molecule has 0 fully saturated rings. The standard InChI is InChI=1S/C18H16BrNO2/c1-12(21)14-6-2-8-17-16(14)11-13(5-3-9-19)15-7-4-10-20-18(15)22-17/h2,4-8,10-11,14H,3,9H2,1H3. The third-order valence-electron chi connectivity index (χ3n) is 3.68. The van der Waals surface area contributed by atoms with Gasteiger partial charge in [0.05, 0.1) is 5.92 Å². The van der Waals surface area contributed by atoms with E-state index in [0.717, 1.165) is 28.5 Å². The number of fused-ring (bicyclic) bond motifs is 2. The molecule has 0 radical (unpaired) electrons. The molecule has 0 bridgehead atoms. The molecular weight excluding hydrogens is 342 g/mol. The lowest BCUT2D eigenvalue weighted by Gasteiger charge is -2.19. The van der Waals surface area contributed by atoms with Crippen LogP contribution in [-0.2, 0) is 4.79 Å². The highest BCUT2D eigenvalue weighted by molar-refractivity contribution is 9.09. The quantitative estimate of drug-likeness (QED) is 0.760. The molecule has 22 heavy (non-hydrogen) atoms. The topological polar surface area (TPSA) is 39.2 Å². The Morgan fingerprint density at radius 1 is 1.50 bits per heavy atom. The molecule has 1 aliphatic heterocycles. The summed E-state index contributed by atoms with van der Waals surface area (Å²) in [6, 6.07) is 3.89. The second-order valence-corrected chi connectivity index (χ2v) is 5.99. The van der Waals surface area contributed by atoms with Crippen molar-refractivity contribution < 1.29 is 9.53 Å². The number of pyridine rings is 1. The van der Waals surface area contributed by atoms with E-state index in [9.17, 15) is 4.79 Å². The van der Waals surface area contributed by atoms with E-state index in [1.54, 1.807) is 13.1 Å². The van der Waals surface area contributed by atoms with Gasteiger partial charge in [0.15, 0.2) is 0 Å². The highest BCUT2D eigenvalue weighted by Crippen LogP contribution is 2.37. The Morgan fingerprint density at radius 2 is 2.36 bits per heavy atom. The van der Waals surface area contributed by atoms with Crippen LogP contribution in [0.15, 0.2) is 60.0 Å². The van der Waals surface area contributed by atoms with Crippen LogP contribution in [0, 0.1) is 5.92 Å². The summed E-state index contributed by atoms with van der Waals surface area (Å²) < 4.78 is 5.98. The summed E-state index contributed by atoms with van der Waals surface area (Å²) in [5.74, 6) is 1.13. The fraction of sp³-hybridized carbons (Fsp3) is 0.222. The lowest BCUT2D eigenvalue weighted by atomic mass is 9.88. The first-order valence-corrected chi connectivity index (χ1v) is 8.33. The van der Waals surface area contributed by atoms with Gasteiger partial charge in [-0.25, -0.2) is 4.98 Å². The molecule has 0 N–H and O–H groups in total. The van der Waals surface area contributed by atoms with Gasteiger partial charge in [-0.05, 0) is 43.2 Å². The molecular formula is C18H16BrNO2. The van der Waals surface area contributed by atoms with Crippen LogP contribution < -0.4 is 4.74 Å². The van der Waals surface area contributed by atoms with Crippen molar-refractivity contribution in [1.82, 2.24) is 4.98 Å². The van der Waals surface area contributed by atoms with Gasteiger partial charge in [0.1, 0.15) is 11.5 Å². The summed E-state index contributed by atoms with van der Waals surface area (Å²) >= 11 is 3.45. The van der Waals surface area contributed by atoms with E-state index in [0.29, 0.717) is 11.6 Å². The number of ether oxygens (including phenoxy) is 1. The summed E-state index contributed by atoms with van der Waals surface area (Å²) in [6.07, 6.45) is 12.5. The first kappa shape index (κ1) is 15.0. The van der Waals surface area contributed by atoms with Crippen molar-refractivity contribution in [3.05, 3.63) is 65.6 Å². The maximum Gasteiger partial charge on any atom is 0.227 e. The Morgan fingerprint density at radius 3 is 3.14 bits per heavy atom. The van der Waals surface area contributed by atoms with Crippen LogP contribution in [-0.4, -0.2) is 16.1 Å². The third kappa shape index (κ3) is 2.83. The van der Waals surface area contributed by atoms with Gasteiger partial charge in [0, 0.05) is 22.7 Å². The predicted octanol–water partition coefficient (Wildman–Crippen LogP) is 4.23. The number of allylic oxidation sites excluding steroid dienone is 7. The number of Topliss-reactive ketones (excluding diaryl/α,β-unsaturated/α-hetero) is 1. The van der Waals surface area contributed by atoms with Crippen molar-refractivity contribution in [1.29, 1.82) is 0 Å². The molecule has 2 aliphatic rings. The summed E-state index contributed by atoms with van der Waals surface area (Å²) in [7, 11) is 0. The monoisotopic (exact) mass is 357 g/mol. The molecule has 1 aliphatic carbocycles. The lowest BCUT2D eigenvalue weighted by Crippen LogP contribution is -2.17. The van der Waals surface area contributed by atoms with E-state index in [-0.39, 0.29) is 11.7 Å². The summed E-state index contributed by atoms with van der Waals surface area (Å²) in [5.41, 5.74) is 2.89. The van der Waals surface area contributed by atoms with E-state index >= 15 is 0 Å². The first-order valence-electron chi connectivity index (χ1n) is 7.21. The van der Waals surface area contributed by atoms with Crippen molar-refractivity contribution in [2.45, 2.75) is 13.3 Å². The van der Waals surface area contributed by atoms with Crippen LogP contribution in [0.5, 0.6) is 5.88 Å². The number of carbonyl (C=O) groups excluding carboxylic acids is 1. The van der Waals surface area contributed by atoms with E-state index in [1.165, 1.54) is 0 Å². The average Bonchev–Trinajstić information content (AvgIpc) is 2.68. The summed E-state index contributed by atoms with van der Waals surface area (Å²) in [5, 5.41) is 0.884. The average molecular weight is 358 g/mol. The second kappa shape index (κ2) is 6.44. The van der Waals surface area contributed by atoms with Crippen LogP contribution in [0.1, 0.15) is 18.9 Å². The molecule has 3 nitrogen and oxygen atoms in total. The van der Waals surface area contributed by atoms with E-state index < -0.39 is 0 Å². The summed E-state index contributed by atoms with van der Waals surface area (Å²) in [4.78, 5) is 16.3. The maximum absolute atomic E-state index is 11.9.